The summed E-state index contributed by atoms with van der Waals surface area (Å²) in [5.41, 5.74) is 3.46. The number of fused-ring (bicyclic) bond motifs is 1. The van der Waals surface area contributed by atoms with Crippen LogP contribution in [0.25, 0.3) is 0 Å². The Morgan fingerprint density at radius 2 is 1.91 bits per heavy atom. The Bertz CT molecular complexity index is 672. The first-order valence-corrected chi connectivity index (χ1v) is 7.44. The zero-order valence-electron chi connectivity index (χ0n) is 12.9. The van der Waals surface area contributed by atoms with E-state index in [0.717, 1.165) is 42.0 Å². The van der Waals surface area contributed by atoms with Crippen molar-refractivity contribution in [1.29, 1.82) is 0 Å². The summed E-state index contributed by atoms with van der Waals surface area (Å²) in [6, 6.07) is 11.3. The van der Waals surface area contributed by atoms with Gasteiger partial charge in [-0.05, 0) is 53.8 Å². The highest BCUT2D eigenvalue weighted by atomic mass is 19.1. The summed E-state index contributed by atoms with van der Waals surface area (Å²) >= 11 is 0. The van der Waals surface area contributed by atoms with Crippen LogP contribution in [0.5, 0.6) is 11.5 Å². The molecule has 3 rings (SSSR count). The van der Waals surface area contributed by atoms with Gasteiger partial charge in [0.1, 0.15) is 5.82 Å². The van der Waals surface area contributed by atoms with Crippen molar-refractivity contribution in [3.8, 4) is 11.5 Å². The molecule has 0 radical (unpaired) electrons. The Balaban J connectivity index is 1.69. The van der Waals surface area contributed by atoms with Crippen LogP contribution in [0.3, 0.4) is 0 Å². The highest BCUT2D eigenvalue weighted by Crippen LogP contribution is 2.32. The molecule has 1 aliphatic rings. The predicted molar refractivity (Wildman–Crippen MR) is 83.8 cm³/mol. The van der Waals surface area contributed by atoms with Crippen LogP contribution in [0, 0.1) is 5.82 Å². The van der Waals surface area contributed by atoms with E-state index >= 15 is 0 Å². The molecule has 0 spiro atoms. The van der Waals surface area contributed by atoms with Gasteiger partial charge < -0.3 is 14.8 Å². The molecule has 3 nitrogen and oxygen atoms in total. The fourth-order valence-electron chi connectivity index (χ4n) is 3.03. The molecule has 2 aromatic carbocycles. The van der Waals surface area contributed by atoms with Crippen molar-refractivity contribution >= 4 is 0 Å². The number of aryl methyl sites for hydroxylation is 1. The monoisotopic (exact) mass is 301 g/mol. The van der Waals surface area contributed by atoms with E-state index in [0.29, 0.717) is 0 Å². The predicted octanol–water partition coefficient (Wildman–Crippen LogP) is 3.62. The summed E-state index contributed by atoms with van der Waals surface area (Å²) in [5, 5.41) is 3.54. The van der Waals surface area contributed by atoms with Crippen molar-refractivity contribution < 1.29 is 13.9 Å². The number of halogens is 1. The van der Waals surface area contributed by atoms with Gasteiger partial charge in [0.25, 0.3) is 0 Å². The molecule has 0 aliphatic heterocycles. The standard InChI is InChI=1S/C18H20FNO2/c1-21-17-8-3-12(9-18(17)22-2)11-20-16-7-4-13-10-14(19)5-6-15(13)16/h3,5-6,8-10,16,20H,4,7,11H2,1-2H3/t16-/m1/s1. The molecule has 0 saturated heterocycles. The Morgan fingerprint density at radius 3 is 2.68 bits per heavy atom. The lowest BCUT2D eigenvalue weighted by Crippen LogP contribution is -2.18. The molecule has 0 aromatic heterocycles. The molecular formula is C18H20FNO2. The van der Waals surface area contributed by atoms with Gasteiger partial charge in [0.05, 0.1) is 14.2 Å². The van der Waals surface area contributed by atoms with E-state index < -0.39 is 0 Å². The average molecular weight is 301 g/mol. The molecule has 0 bridgehead atoms. The number of benzene rings is 2. The van der Waals surface area contributed by atoms with Gasteiger partial charge in [0.15, 0.2) is 11.5 Å². The van der Waals surface area contributed by atoms with Gasteiger partial charge in [-0.25, -0.2) is 4.39 Å². The number of hydrogen-bond acceptors (Lipinski definition) is 3. The van der Waals surface area contributed by atoms with Crippen molar-refractivity contribution in [3.63, 3.8) is 0 Å². The quantitative estimate of drug-likeness (QED) is 0.915. The highest BCUT2D eigenvalue weighted by Gasteiger charge is 2.22. The van der Waals surface area contributed by atoms with Crippen molar-refractivity contribution in [1.82, 2.24) is 5.32 Å². The third-order valence-electron chi connectivity index (χ3n) is 4.18. The minimum absolute atomic E-state index is 0.153. The molecule has 0 saturated carbocycles. The molecule has 1 atom stereocenters. The van der Waals surface area contributed by atoms with E-state index in [9.17, 15) is 4.39 Å². The maximum Gasteiger partial charge on any atom is 0.161 e. The van der Waals surface area contributed by atoms with Crippen LogP contribution < -0.4 is 14.8 Å². The molecule has 0 fully saturated rings. The number of ether oxygens (including phenoxy) is 2. The van der Waals surface area contributed by atoms with Gasteiger partial charge in [-0.15, -0.1) is 0 Å². The van der Waals surface area contributed by atoms with Crippen molar-refractivity contribution in [3.05, 3.63) is 58.9 Å². The molecule has 0 amide bonds. The molecule has 1 N–H and O–H groups in total. The first-order valence-electron chi connectivity index (χ1n) is 7.44. The Labute approximate surface area is 130 Å². The van der Waals surface area contributed by atoms with Crippen molar-refractivity contribution in [2.75, 3.05) is 14.2 Å². The zero-order valence-corrected chi connectivity index (χ0v) is 12.9. The fourth-order valence-corrected chi connectivity index (χ4v) is 3.03. The molecule has 116 valence electrons. The van der Waals surface area contributed by atoms with E-state index in [1.807, 2.05) is 24.3 Å². The number of nitrogens with one attached hydrogen (secondary N) is 1. The lowest BCUT2D eigenvalue weighted by molar-refractivity contribution is 0.354. The Morgan fingerprint density at radius 1 is 1.09 bits per heavy atom. The van der Waals surface area contributed by atoms with Crippen molar-refractivity contribution in [2.24, 2.45) is 0 Å². The first kappa shape index (κ1) is 14.9. The topological polar surface area (TPSA) is 30.5 Å². The van der Waals surface area contributed by atoms with Gasteiger partial charge >= 0.3 is 0 Å². The summed E-state index contributed by atoms with van der Waals surface area (Å²) in [7, 11) is 3.27. The molecule has 4 heteroatoms. The number of methoxy groups -OCH3 is 2. The second-order valence-corrected chi connectivity index (χ2v) is 5.50. The summed E-state index contributed by atoms with van der Waals surface area (Å²) in [5.74, 6) is 1.31. The van der Waals surface area contributed by atoms with E-state index in [1.165, 1.54) is 11.6 Å². The minimum atomic E-state index is -0.153. The third kappa shape index (κ3) is 2.92. The summed E-state index contributed by atoms with van der Waals surface area (Å²) in [6.07, 6.45) is 1.93. The highest BCUT2D eigenvalue weighted by molar-refractivity contribution is 5.43. The molecule has 0 heterocycles. The zero-order chi connectivity index (χ0) is 15.5. The SMILES string of the molecule is COc1ccc(CN[C@@H]2CCc3cc(F)ccc32)cc1OC. The molecule has 0 unspecified atom stereocenters. The maximum atomic E-state index is 13.2. The smallest absolute Gasteiger partial charge is 0.161 e. The lowest BCUT2D eigenvalue weighted by atomic mass is 10.1. The summed E-state index contributed by atoms with van der Waals surface area (Å²) in [6.45, 7) is 0.738. The van der Waals surface area contributed by atoms with Crippen LogP contribution in [-0.4, -0.2) is 14.2 Å². The largest absolute Gasteiger partial charge is 0.493 e. The van der Waals surface area contributed by atoms with Crippen LogP contribution in [0.2, 0.25) is 0 Å². The van der Waals surface area contributed by atoms with Crippen molar-refractivity contribution in [2.45, 2.75) is 25.4 Å². The second kappa shape index (κ2) is 6.36. The summed E-state index contributed by atoms with van der Waals surface area (Å²) in [4.78, 5) is 0. The van der Waals surface area contributed by atoms with Gasteiger partial charge in [-0.3, -0.25) is 0 Å². The third-order valence-corrected chi connectivity index (χ3v) is 4.18. The molecule has 2 aromatic rings. The lowest BCUT2D eigenvalue weighted by Gasteiger charge is -2.15. The van der Waals surface area contributed by atoms with E-state index in [1.54, 1.807) is 20.3 Å². The van der Waals surface area contributed by atoms with Crippen LogP contribution in [0.1, 0.15) is 29.2 Å². The van der Waals surface area contributed by atoms with Gasteiger partial charge in [0.2, 0.25) is 0 Å². The number of rotatable bonds is 5. The van der Waals surface area contributed by atoms with Crippen LogP contribution in [-0.2, 0) is 13.0 Å². The van der Waals surface area contributed by atoms with E-state index in [4.69, 9.17) is 9.47 Å². The first-order chi connectivity index (χ1) is 10.7. The maximum absolute atomic E-state index is 13.2. The number of hydrogen-bond donors (Lipinski definition) is 1. The van der Waals surface area contributed by atoms with E-state index in [-0.39, 0.29) is 11.9 Å². The molecular weight excluding hydrogens is 281 g/mol. The van der Waals surface area contributed by atoms with Crippen LogP contribution >= 0.6 is 0 Å². The second-order valence-electron chi connectivity index (χ2n) is 5.50. The Kier molecular flexibility index (Phi) is 4.29. The minimum Gasteiger partial charge on any atom is -0.493 e. The Hall–Kier alpha value is -2.07. The van der Waals surface area contributed by atoms with Crippen LogP contribution in [0.4, 0.5) is 4.39 Å². The van der Waals surface area contributed by atoms with E-state index in [2.05, 4.69) is 5.32 Å². The molecule has 22 heavy (non-hydrogen) atoms. The van der Waals surface area contributed by atoms with Gasteiger partial charge in [-0.2, -0.15) is 0 Å². The average Bonchev–Trinajstić information content (AvgIpc) is 2.94. The van der Waals surface area contributed by atoms with Gasteiger partial charge in [0, 0.05) is 12.6 Å². The normalized spacial score (nSPS) is 16.4. The molecule has 1 aliphatic carbocycles. The summed E-state index contributed by atoms with van der Waals surface area (Å²) < 4.78 is 23.8. The fraction of sp³-hybridized carbons (Fsp3) is 0.333. The van der Waals surface area contributed by atoms with Crippen LogP contribution in [0.15, 0.2) is 36.4 Å². The van der Waals surface area contributed by atoms with Gasteiger partial charge in [-0.1, -0.05) is 12.1 Å².